The van der Waals surface area contributed by atoms with Crippen molar-refractivity contribution >= 4 is 16.1 Å². The highest BCUT2D eigenvalue weighted by molar-refractivity contribution is 6.84. The minimum atomic E-state index is -1.20. The Bertz CT molecular complexity index is 287. The molecule has 0 unspecified atom stereocenters. The number of hydrogen-bond acceptors (Lipinski definition) is 0. The second-order valence-electron chi connectivity index (χ2n) is 6.00. The van der Waals surface area contributed by atoms with Gasteiger partial charge in [-0.25, -0.2) is 0 Å². The van der Waals surface area contributed by atoms with Crippen LogP contribution in [0.1, 0.15) is 13.8 Å². The number of hydrogen-bond donors (Lipinski definition) is 0. The Balaban J connectivity index is 4.94. The van der Waals surface area contributed by atoms with Crippen molar-refractivity contribution in [2.45, 2.75) is 53.1 Å². The van der Waals surface area contributed by atoms with Crippen LogP contribution in [0, 0.1) is 11.5 Å². The third kappa shape index (κ3) is 5.46. The van der Waals surface area contributed by atoms with Gasteiger partial charge in [0.2, 0.25) is 0 Å². The molecule has 0 aliphatic heterocycles. The summed E-state index contributed by atoms with van der Waals surface area (Å²) in [5.74, 6) is 3.35. The van der Waals surface area contributed by atoms with Crippen LogP contribution in [-0.4, -0.2) is 16.1 Å². The summed E-state index contributed by atoms with van der Waals surface area (Å²) in [6, 6.07) is 0. The molecule has 0 saturated heterocycles. The van der Waals surface area contributed by atoms with Crippen LogP contribution in [0.3, 0.4) is 0 Å². The topological polar surface area (TPSA) is 0 Å². The van der Waals surface area contributed by atoms with E-state index in [-0.39, 0.29) is 0 Å². The largest absolute Gasteiger partial charge is 0.129 e. The maximum absolute atomic E-state index is 3.43. The Morgan fingerprint density at radius 1 is 0.857 bits per heavy atom. The SMILES string of the molecule is CC(C#C[Si](C)(C)C)=C(C)[Si](C)(C)C. The second-order valence-corrected chi connectivity index (χ2v) is 16.0. The zero-order valence-electron chi connectivity index (χ0n) is 11.0. The van der Waals surface area contributed by atoms with Crippen molar-refractivity contribution in [2.24, 2.45) is 0 Å². The predicted molar refractivity (Wildman–Crippen MR) is 72.8 cm³/mol. The predicted octanol–water partition coefficient (Wildman–Crippen LogP) is 4.08. The van der Waals surface area contributed by atoms with Crippen molar-refractivity contribution in [1.82, 2.24) is 0 Å². The summed E-state index contributed by atoms with van der Waals surface area (Å²) < 4.78 is 0. The first-order valence-corrected chi connectivity index (χ1v) is 12.2. The molecule has 14 heavy (non-hydrogen) atoms. The monoisotopic (exact) mass is 224 g/mol. The van der Waals surface area contributed by atoms with Crippen molar-refractivity contribution in [2.75, 3.05) is 0 Å². The molecule has 0 rings (SSSR count). The average Bonchev–Trinajstić information content (AvgIpc) is 1.95. The molecule has 0 aromatic rings. The molecule has 0 fully saturated rings. The molecule has 0 saturated carbocycles. The first kappa shape index (κ1) is 13.7. The van der Waals surface area contributed by atoms with E-state index >= 15 is 0 Å². The summed E-state index contributed by atoms with van der Waals surface area (Å²) in [7, 11) is -2.33. The zero-order valence-corrected chi connectivity index (χ0v) is 13.0. The summed E-state index contributed by atoms with van der Waals surface area (Å²) in [5.41, 5.74) is 4.74. The summed E-state index contributed by atoms with van der Waals surface area (Å²) in [5, 5.41) is 1.54. The van der Waals surface area contributed by atoms with Crippen LogP contribution in [0.25, 0.3) is 0 Å². The molecule has 2 heteroatoms. The van der Waals surface area contributed by atoms with Crippen molar-refractivity contribution < 1.29 is 0 Å². The number of allylic oxidation sites excluding steroid dienone is 2. The van der Waals surface area contributed by atoms with Crippen LogP contribution in [0.2, 0.25) is 39.3 Å². The lowest BCUT2D eigenvalue weighted by atomic mass is 10.3. The van der Waals surface area contributed by atoms with Gasteiger partial charge in [0.1, 0.15) is 8.07 Å². The lowest BCUT2D eigenvalue weighted by Gasteiger charge is -2.18. The first-order valence-electron chi connectivity index (χ1n) is 5.25. The molecule has 0 bridgehead atoms. The van der Waals surface area contributed by atoms with Crippen molar-refractivity contribution in [3.05, 3.63) is 10.8 Å². The first-order chi connectivity index (χ1) is 6.04. The zero-order chi connectivity index (χ0) is 11.6. The second kappa shape index (κ2) is 4.50. The molecule has 0 aromatic carbocycles. The summed E-state index contributed by atoms with van der Waals surface area (Å²) in [6.45, 7) is 18.4. The van der Waals surface area contributed by atoms with Gasteiger partial charge in [-0.2, -0.15) is 0 Å². The third-order valence-electron chi connectivity index (χ3n) is 2.31. The van der Waals surface area contributed by atoms with Gasteiger partial charge >= 0.3 is 0 Å². The molecule has 0 atom stereocenters. The maximum Gasteiger partial charge on any atom is 0.129 e. The normalized spacial score (nSPS) is 14.3. The van der Waals surface area contributed by atoms with E-state index in [1.165, 1.54) is 5.57 Å². The molecule has 0 N–H and O–H groups in total. The van der Waals surface area contributed by atoms with Gasteiger partial charge < -0.3 is 0 Å². The van der Waals surface area contributed by atoms with Crippen LogP contribution >= 0.6 is 0 Å². The summed E-state index contributed by atoms with van der Waals surface area (Å²) in [4.78, 5) is 0. The van der Waals surface area contributed by atoms with E-state index in [4.69, 9.17) is 0 Å². The van der Waals surface area contributed by atoms with E-state index in [0.29, 0.717) is 0 Å². The Morgan fingerprint density at radius 3 is 1.57 bits per heavy atom. The molecule has 0 radical (unpaired) electrons. The molecule has 0 heterocycles. The molecule has 0 aromatic heterocycles. The molecular formula is C12H24Si2. The van der Waals surface area contributed by atoms with Crippen LogP contribution in [0.15, 0.2) is 10.8 Å². The van der Waals surface area contributed by atoms with Crippen molar-refractivity contribution in [3.63, 3.8) is 0 Å². The Labute approximate surface area is 91.8 Å². The maximum atomic E-state index is 3.43. The Morgan fingerprint density at radius 2 is 1.29 bits per heavy atom. The summed E-state index contributed by atoms with van der Waals surface area (Å²) in [6.07, 6.45) is 0. The van der Waals surface area contributed by atoms with Crippen LogP contribution in [0.4, 0.5) is 0 Å². The van der Waals surface area contributed by atoms with E-state index in [0.717, 1.165) is 0 Å². The van der Waals surface area contributed by atoms with E-state index in [9.17, 15) is 0 Å². The molecule has 0 spiro atoms. The fraction of sp³-hybridized carbons (Fsp3) is 0.667. The van der Waals surface area contributed by atoms with E-state index < -0.39 is 16.1 Å². The van der Waals surface area contributed by atoms with E-state index in [1.54, 1.807) is 5.20 Å². The smallest absolute Gasteiger partial charge is 0.127 e. The van der Waals surface area contributed by atoms with Gasteiger partial charge in [-0.1, -0.05) is 50.4 Å². The average molecular weight is 224 g/mol. The van der Waals surface area contributed by atoms with Gasteiger partial charge in [0.15, 0.2) is 0 Å². The molecule has 0 nitrogen and oxygen atoms in total. The van der Waals surface area contributed by atoms with E-state index in [2.05, 4.69) is 64.6 Å². The quantitative estimate of drug-likeness (QED) is 0.465. The highest BCUT2D eigenvalue weighted by Gasteiger charge is 2.17. The fourth-order valence-corrected chi connectivity index (χ4v) is 2.69. The van der Waals surface area contributed by atoms with Crippen LogP contribution in [0.5, 0.6) is 0 Å². The van der Waals surface area contributed by atoms with Gasteiger partial charge in [-0.05, 0) is 19.4 Å². The van der Waals surface area contributed by atoms with Gasteiger partial charge in [-0.15, -0.1) is 5.54 Å². The lowest BCUT2D eigenvalue weighted by Crippen LogP contribution is -2.23. The minimum absolute atomic E-state index is 1.13. The Kier molecular flexibility index (Phi) is 4.42. The Hall–Kier alpha value is -0.266. The number of rotatable bonds is 1. The van der Waals surface area contributed by atoms with E-state index in [1.807, 2.05) is 0 Å². The van der Waals surface area contributed by atoms with Crippen molar-refractivity contribution in [3.8, 4) is 11.5 Å². The summed E-state index contributed by atoms with van der Waals surface area (Å²) >= 11 is 0. The van der Waals surface area contributed by atoms with Crippen LogP contribution < -0.4 is 0 Å². The molecule has 0 amide bonds. The van der Waals surface area contributed by atoms with Gasteiger partial charge in [-0.3, -0.25) is 0 Å². The van der Waals surface area contributed by atoms with Gasteiger partial charge in [0, 0.05) is 0 Å². The molecule has 0 aliphatic carbocycles. The molecule has 80 valence electrons. The molecule has 0 aliphatic rings. The minimum Gasteiger partial charge on any atom is -0.127 e. The van der Waals surface area contributed by atoms with Crippen LogP contribution in [-0.2, 0) is 0 Å². The fourth-order valence-electron chi connectivity index (χ4n) is 0.938. The highest BCUT2D eigenvalue weighted by Crippen LogP contribution is 2.17. The lowest BCUT2D eigenvalue weighted by molar-refractivity contribution is 1.42. The van der Waals surface area contributed by atoms with Crippen molar-refractivity contribution in [1.29, 1.82) is 0 Å². The molecular weight excluding hydrogens is 200 g/mol. The van der Waals surface area contributed by atoms with Gasteiger partial charge in [0.05, 0.1) is 8.07 Å². The highest BCUT2D eigenvalue weighted by atomic mass is 28.3. The van der Waals surface area contributed by atoms with Gasteiger partial charge in [0.25, 0.3) is 0 Å². The standard InChI is InChI=1S/C12H24Si2/c1-11(9-10-13(3,4)5)12(2)14(6,7)8/h1-8H3. The third-order valence-corrected chi connectivity index (χ3v) is 5.81.